The Labute approximate surface area is 200 Å². The summed E-state index contributed by atoms with van der Waals surface area (Å²) in [4.78, 5) is 23.8. The summed E-state index contributed by atoms with van der Waals surface area (Å²) in [6, 6.07) is 6.05. The molecule has 2 fully saturated rings. The Morgan fingerprint density at radius 1 is 1.21 bits per heavy atom. The van der Waals surface area contributed by atoms with Crippen LogP contribution in [0, 0.1) is 0 Å². The van der Waals surface area contributed by atoms with Crippen molar-refractivity contribution in [1.82, 2.24) is 15.3 Å². The van der Waals surface area contributed by atoms with Gasteiger partial charge in [-0.2, -0.15) is 0 Å². The highest BCUT2D eigenvalue weighted by Crippen LogP contribution is 2.33. The van der Waals surface area contributed by atoms with Crippen LogP contribution in [0.5, 0.6) is 5.75 Å². The number of carbonyl (C=O) groups excluding carboxylic acids is 1. The lowest BCUT2D eigenvalue weighted by Crippen LogP contribution is -2.43. The summed E-state index contributed by atoms with van der Waals surface area (Å²) in [5, 5.41) is 19.9. The van der Waals surface area contributed by atoms with Crippen molar-refractivity contribution >= 4 is 28.9 Å². The van der Waals surface area contributed by atoms with Crippen molar-refractivity contribution in [3.05, 3.63) is 29.6 Å². The van der Waals surface area contributed by atoms with Gasteiger partial charge in [-0.25, -0.2) is 9.97 Å². The summed E-state index contributed by atoms with van der Waals surface area (Å²) in [5.41, 5.74) is 8.20. The fourth-order valence-electron chi connectivity index (χ4n) is 4.56. The van der Waals surface area contributed by atoms with Crippen LogP contribution >= 0.6 is 0 Å². The highest BCUT2D eigenvalue weighted by atomic mass is 16.5. The Bertz CT molecular complexity index is 1000. The predicted octanol–water partition coefficient (Wildman–Crippen LogP) is 2.02. The second-order valence-electron chi connectivity index (χ2n) is 8.83. The fourth-order valence-corrected chi connectivity index (χ4v) is 4.56. The number of nitrogens with two attached hydrogens (primary N) is 1. The average Bonchev–Trinajstić information content (AvgIpc) is 2.86. The summed E-state index contributed by atoms with van der Waals surface area (Å²) >= 11 is 0. The zero-order chi connectivity index (χ0) is 24.1. The van der Waals surface area contributed by atoms with Gasteiger partial charge in [0.2, 0.25) is 0 Å². The first-order valence-electron chi connectivity index (χ1n) is 12.0. The van der Waals surface area contributed by atoms with Gasteiger partial charge in [0.05, 0.1) is 24.6 Å². The monoisotopic (exact) mass is 469 g/mol. The molecule has 2 heterocycles. The standard InChI is InChI=1S/C24H35N7O3/c1-3-18-23(27-15-4-7-17(32)8-5-15)30-24(21(29-18)22(25)33)28-16-6-9-19(20(14-16)34-2)31-12-10-26-11-13-31/h6,9,14-15,17,26,32H,3-5,7-8,10-13H2,1-2H3,(H2,25,33)(H2,27,28,30). The fraction of sp³-hybridized carbons (Fsp3) is 0.542. The Morgan fingerprint density at radius 3 is 2.59 bits per heavy atom. The quantitative estimate of drug-likeness (QED) is 0.393. The molecule has 10 heteroatoms. The number of hydrogen-bond acceptors (Lipinski definition) is 9. The number of methoxy groups -OCH3 is 1. The number of piperazine rings is 1. The van der Waals surface area contributed by atoms with Gasteiger partial charge in [-0.1, -0.05) is 6.92 Å². The van der Waals surface area contributed by atoms with Crippen LogP contribution in [0.25, 0.3) is 0 Å². The van der Waals surface area contributed by atoms with Crippen molar-refractivity contribution in [3.8, 4) is 5.75 Å². The van der Waals surface area contributed by atoms with Gasteiger partial charge in [0, 0.05) is 44.0 Å². The predicted molar refractivity (Wildman–Crippen MR) is 133 cm³/mol. The van der Waals surface area contributed by atoms with Crippen molar-refractivity contribution < 1.29 is 14.6 Å². The molecular weight excluding hydrogens is 434 g/mol. The third kappa shape index (κ3) is 5.51. The van der Waals surface area contributed by atoms with E-state index in [2.05, 4.69) is 25.8 Å². The maximum atomic E-state index is 12.2. The van der Waals surface area contributed by atoms with E-state index < -0.39 is 5.91 Å². The van der Waals surface area contributed by atoms with Gasteiger partial charge in [0.15, 0.2) is 11.5 Å². The number of aliphatic hydroxyl groups excluding tert-OH is 1. The van der Waals surface area contributed by atoms with E-state index in [0.717, 1.165) is 69.0 Å². The molecule has 1 aliphatic carbocycles. The van der Waals surface area contributed by atoms with Gasteiger partial charge in [-0.3, -0.25) is 4.79 Å². The number of aliphatic hydroxyl groups is 1. The Morgan fingerprint density at radius 2 is 1.94 bits per heavy atom. The molecule has 4 rings (SSSR count). The van der Waals surface area contributed by atoms with Crippen molar-refractivity contribution in [2.45, 2.75) is 51.2 Å². The molecule has 1 saturated carbocycles. The number of nitrogens with zero attached hydrogens (tertiary/aromatic N) is 3. The van der Waals surface area contributed by atoms with Crippen molar-refractivity contribution in [3.63, 3.8) is 0 Å². The largest absolute Gasteiger partial charge is 0.495 e. The summed E-state index contributed by atoms with van der Waals surface area (Å²) in [6.07, 6.45) is 3.61. The Kier molecular flexibility index (Phi) is 7.69. The lowest BCUT2D eigenvalue weighted by molar-refractivity contribution is 0.0996. The minimum Gasteiger partial charge on any atom is -0.495 e. The van der Waals surface area contributed by atoms with Gasteiger partial charge in [0.1, 0.15) is 11.6 Å². The maximum absolute atomic E-state index is 12.2. The molecule has 1 aromatic heterocycles. The molecular formula is C24H35N7O3. The van der Waals surface area contributed by atoms with Gasteiger partial charge in [0.25, 0.3) is 5.91 Å². The Balaban J connectivity index is 1.61. The van der Waals surface area contributed by atoms with E-state index in [-0.39, 0.29) is 17.8 Å². The number of amides is 1. The molecule has 0 spiro atoms. The minimum absolute atomic E-state index is 0.103. The summed E-state index contributed by atoms with van der Waals surface area (Å²) in [7, 11) is 1.65. The van der Waals surface area contributed by atoms with Crippen LogP contribution in [0.4, 0.5) is 23.0 Å². The van der Waals surface area contributed by atoms with E-state index in [9.17, 15) is 9.90 Å². The van der Waals surface area contributed by atoms with E-state index in [1.807, 2.05) is 25.1 Å². The van der Waals surface area contributed by atoms with Crippen LogP contribution in [0.15, 0.2) is 18.2 Å². The highest BCUT2D eigenvalue weighted by molar-refractivity contribution is 5.96. The van der Waals surface area contributed by atoms with E-state index in [1.54, 1.807) is 7.11 Å². The van der Waals surface area contributed by atoms with Crippen molar-refractivity contribution in [2.75, 3.05) is 48.8 Å². The van der Waals surface area contributed by atoms with Gasteiger partial charge >= 0.3 is 0 Å². The highest BCUT2D eigenvalue weighted by Gasteiger charge is 2.23. The molecule has 2 aliphatic rings. The molecule has 0 bridgehead atoms. The van der Waals surface area contributed by atoms with Crippen LogP contribution < -0.4 is 31.3 Å². The lowest BCUT2D eigenvalue weighted by atomic mass is 9.93. The first-order chi connectivity index (χ1) is 16.5. The molecule has 184 valence electrons. The number of hydrogen-bond donors (Lipinski definition) is 5. The van der Waals surface area contributed by atoms with Crippen LogP contribution in [0.2, 0.25) is 0 Å². The number of aryl methyl sites for hydroxylation is 1. The first-order valence-corrected chi connectivity index (χ1v) is 12.0. The summed E-state index contributed by atoms with van der Waals surface area (Å²) in [6.45, 7) is 5.65. The van der Waals surface area contributed by atoms with E-state index in [0.29, 0.717) is 23.8 Å². The van der Waals surface area contributed by atoms with E-state index in [1.165, 1.54) is 0 Å². The maximum Gasteiger partial charge on any atom is 0.271 e. The number of aromatic nitrogens is 2. The van der Waals surface area contributed by atoms with Crippen LogP contribution in [0.1, 0.15) is 48.8 Å². The molecule has 10 nitrogen and oxygen atoms in total. The molecule has 34 heavy (non-hydrogen) atoms. The molecule has 1 saturated heterocycles. The van der Waals surface area contributed by atoms with Crippen molar-refractivity contribution in [1.29, 1.82) is 0 Å². The van der Waals surface area contributed by atoms with Crippen LogP contribution in [-0.4, -0.2) is 66.4 Å². The van der Waals surface area contributed by atoms with Gasteiger partial charge in [-0.05, 0) is 44.2 Å². The molecule has 6 N–H and O–H groups in total. The number of benzene rings is 1. The van der Waals surface area contributed by atoms with Crippen molar-refractivity contribution in [2.24, 2.45) is 5.73 Å². The number of nitrogens with one attached hydrogen (secondary N) is 3. The zero-order valence-corrected chi connectivity index (χ0v) is 19.9. The lowest BCUT2D eigenvalue weighted by Gasteiger charge is -2.30. The van der Waals surface area contributed by atoms with Gasteiger partial charge in [-0.15, -0.1) is 0 Å². The number of primary amides is 1. The topological polar surface area (TPSA) is 138 Å². The molecule has 1 amide bonds. The first kappa shape index (κ1) is 24.0. The second kappa shape index (κ2) is 10.9. The normalized spacial score (nSPS) is 20.6. The second-order valence-corrected chi connectivity index (χ2v) is 8.83. The third-order valence-corrected chi connectivity index (χ3v) is 6.47. The zero-order valence-electron chi connectivity index (χ0n) is 19.9. The van der Waals surface area contributed by atoms with Crippen LogP contribution in [0.3, 0.4) is 0 Å². The SMILES string of the molecule is CCc1nc(C(N)=O)c(Nc2ccc(N3CCNCC3)c(OC)c2)nc1NC1CCC(O)CC1. The number of rotatable bonds is 8. The average molecular weight is 470 g/mol. The third-order valence-electron chi connectivity index (χ3n) is 6.47. The number of carbonyl (C=O) groups is 1. The number of ether oxygens (including phenoxy) is 1. The molecule has 1 aromatic carbocycles. The summed E-state index contributed by atoms with van der Waals surface area (Å²) in [5.74, 6) is 1.05. The summed E-state index contributed by atoms with van der Waals surface area (Å²) < 4.78 is 5.66. The van der Waals surface area contributed by atoms with Gasteiger partial charge < -0.3 is 36.4 Å². The molecule has 0 unspecified atom stereocenters. The molecule has 0 radical (unpaired) electrons. The Hall–Kier alpha value is -3.11. The number of anilines is 4. The smallest absolute Gasteiger partial charge is 0.271 e. The van der Waals surface area contributed by atoms with E-state index in [4.69, 9.17) is 15.5 Å². The molecule has 2 aromatic rings. The van der Waals surface area contributed by atoms with E-state index >= 15 is 0 Å². The molecule has 0 atom stereocenters. The minimum atomic E-state index is -0.638. The molecule has 1 aliphatic heterocycles. The van der Waals surface area contributed by atoms with Crippen LogP contribution in [-0.2, 0) is 6.42 Å².